The van der Waals surface area contributed by atoms with Gasteiger partial charge >= 0.3 is 0 Å². The fourth-order valence-corrected chi connectivity index (χ4v) is 27.1. The van der Waals surface area contributed by atoms with Crippen LogP contribution >= 0.6 is 11.8 Å². The van der Waals surface area contributed by atoms with Crippen molar-refractivity contribution < 1.29 is 28.8 Å². The van der Waals surface area contributed by atoms with Crippen LogP contribution < -0.4 is 0 Å². The second-order valence-corrected chi connectivity index (χ2v) is 33.7. The van der Waals surface area contributed by atoms with Crippen molar-refractivity contribution in [2.45, 2.75) is 230 Å². The van der Waals surface area contributed by atoms with E-state index in [9.17, 15) is 28.8 Å². The highest BCUT2D eigenvalue weighted by Gasteiger charge is 2.73. The summed E-state index contributed by atoms with van der Waals surface area (Å²) in [5.74, 6) is 3.99. The fourth-order valence-electron chi connectivity index (χ4n) is 23.6. The maximum Gasteiger partial charge on any atom is 0.198 e. The van der Waals surface area contributed by atoms with E-state index < -0.39 is 15.1 Å². The largest absolute Gasteiger partial charge is 0.396 e. The van der Waals surface area contributed by atoms with Crippen molar-refractivity contribution in [2.24, 2.45) is 101 Å². The first-order valence-corrected chi connectivity index (χ1v) is 32.5. The molecular formula is C64H98N2O6S2. The molecule has 20 atom stereocenters. The molecule has 74 heavy (non-hydrogen) atoms. The minimum atomic E-state index is -3.59. The number of pyridine rings is 2. The Bertz CT molecular complexity index is 2510. The molecule has 0 unspecified atom stereocenters. The lowest BCUT2D eigenvalue weighted by atomic mass is 9.32. The van der Waals surface area contributed by atoms with E-state index in [1.54, 1.807) is 24.4 Å². The highest BCUT2D eigenvalue weighted by atomic mass is 32.2. The Morgan fingerprint density at radius 2 is 0.986 bits per heavy atom. The number of sulfone groups is 1. The van der Waals surface area contributed by atoms with Gasteiger partial charge in [0.15, 0.2) is 14.9 Å². The van der Waals surface area contributed by atoms with Crippen LogP contribution in [0.2, 0.25) is 0 Å². The summed E-state index contributed by atoms with van der Waals surface area (Å²) in [6, 6.07) is 11.5. The van der Waals surface area contributed by atoms with Gasteiger partial charge in [-0.3, -0.25) is 0 Å². The highest BCUT2D eigenvalue weighted by Crippen LogP contribution is 2.79. The number of aliphatic hydroxyl groups excluding tert-OH is 4. The Morgan fingerprint density at radius 1 is 0.500 bits per heavy atom. The molecular weight excluding hydrogens is 957 g/mol. The number of rotatable bonds is 6. The molecule has 0 bridgehead atoms. The quantitative estimate of drug-likeness (QED) is 0.223. The fraction of sp³-hybridized carbons (Fsp3) is 0.844. The molecule has 0 aliphatic heterocycles. The Balaban J connectivity index is 0.000000159. The van der Waals surface area contributed by atoms with Crippen LogP contribution in [0.4, 0.5) is 0 Å². The molecule has 12 rings (SSSR count). The zero-order valence-corrected chi connectivity index (χ0v) is 49.1. The van der Waals surface area contributed by atoms with E-state index in [0.717, 1.165) is 75.2 Å². The molecule has 8 nitrogen and oxygen atoms in total. The zero-order chi connectivity index (χ0) is 52.9. The van der Waals surface area contributed by atoms with Gasteiger partial charge in [-0.25, -0.2) is 18.4 Å². The van der Waals surface area contributed by atoms with Crippen LogP contribution in [0.5, 0.6) is 0 Å². The number of hydrogen-bond acceptors (Lipinski definition) is 9. The maximum atomic E-state index is 14.1. The molecule has 0 spiro atoms. The minimum Gasteiger partial charge on any atom is -0.396 e. The second kappa shape index (κ2) is 18.2. The molecule has 10 aliphatic rings. The van der Waals surface area contributed by atoms with Gasteiger partial charge in [0.1, 0.15) is 0 Å². The maximum absolute atomic E-state index is 14.1. The van der Waals surface area contributed by atoms with Gasteiger partial charge < -0.3 is 20.4 Å². The first kappa shape index (κ1) is 54.4. The lowest BCUT2D eigenvalue weighted by Gasteiger charge is -2.72. The molecule has 0 saturated heterocycles. The third-order valence-electron chi connectivity index (χ3n) is 27.9. The van der Waals surface area contributed by atoms with Crippen molar-refractivity contribution in [1.82, 2.24) is 9.97 Å². The van der Waals surface area contributed by atoms with E-state index in [-0.39, 0.29) is 73.6 Å². The average Bonchev–Trinajstić information content (AvgIpc) is 3.95. The monoisotopic (exact) mass is 1050 g/mol. The lowest BCUT2D eigenvalue weighted by molar-refractivity contribution is -0.247. The van der Waals surface area contributed by atoms with Crippen LogP contribution in [0.15, 0.2) is 58.8 Å². The van der Waals surface area contributed by atoms with Gasteiger partial charge in [0, 0.05) is 30.9 Å². The first-order chi connectivity index (χ1) is 34.8. The molecule has 10 heteroatoms. The molecule has 2 aromatic rings. The Morgan fingerprint density at radius 3 is 1.47 bits per heavy atom. The Hall–Kier alpha value is -1.56. The number of aliphatic hydroxyl groups is 4. The van der Waals surface area contributed by atoms with E-state index in [4.69, 9.17) is 0 Å². The van der Waals surface area contributed by atoms with Crippen LogP contribution in [-0.2, 0) is 9.84 Å². The van der Waals surface area contributed by atoms with Crippen molar-refractivity contribution in [3.63, 3.8) is 0 Å². The van der Waals surface area contributed by atoms with Gasteiger partial charge in [0.25, 0.3) is 0 Å². The highest BCUT2D eigenvalue weighted by molar-refractivity contribution is 7.99. The van der Waals surface area contributed by atoms with Gasteiger partial charge in [0.05, 0.1) is 22.5 Å². The van der Waals surface area contributed by atoms with Crippen LogP contribution in [0.3, 0.4) is 0 Å². The van der Waals surface area contributed by atoms with E-state index in [1.807, 2.05) is 24.0 Å². The number of aromatic nitrogens is 2. The minimum absolute atomic E-state index is 0.0144. The summed E-state index contributed by atoms with van der Waals surface area (Å²) < 4.78 is 28.1. The van der Waals surface area contributed by atoms with Crippen molar-refractivity contribution in [3.8, 4) is 0 Å². The summed E-state index contributed by atoms with van der Waals surface area (Å²) in [5, 5.41) is 45.0. The SMILES string of the molecule is CC1(C)[C@@H](O)CC[C@]2(C)[C@H]3CC[C@@H]4[C@H]5[C@H](S(=O)(=O)c6ccccn6)CC[C@]5(CO)CC[C@@]4(C)[C@]3(C)CC[C@@H]12.CC1(C)[C@@H](O)CC[C@]2(C)[C@H]3CC[C@@H]4[C@H]5[C@H](Sc6ccccn6)CC[C@]5(CO)CC[C@@]4(C)[C@]3(C)CC[C@@H]12. The third kappa shape index (κ3) is 7.39. The van der Waals surface area contributed by atoms with Gasteiger partial charge in [-0.15, -0.1) is 11.8 Å². The number of hydrogen-bond donors (Lipinski definition) is 4. The average molecular weight is 1060 g/mol. The molecule has 0 amide bonds. The predicted octanol–water partition coefficient (Wildman–Crippen LogP) is 13.4. The summed E-state index contributed by atoms with van der Waals surface area (Å²) in [4.78, 5) is 8.97. The molecule has 10 saturated carbocycles. The van der Waals surface area contributed by atoms with E-state index in [0.29, 0.717) is 64.1 Å². The number of nitrogens with zero attached hydrogens (tertiary/aromatic N) is 2. The van der Waals surface area contributed by atoms with Crippen LogP contribution in [-0.4, -0.2) is 74.7 Å². The Kier molecular flexibility index (Phi) is 13.4. The standard InChI is InChI=1S/C32H49NO4S.C32H49NO2S/c1-28(2)23-12-15-31(5)24(29(23,3)14-13-25(28)35)10-9-21-27-22(38(36,37)26-8-6-7-19-33-26)11-16-32(27,20-34)18-17-30(21,31)4;1-28(2)23-12-15-31(5)24(29(23,3)14-13-25(28)35)10-9-21-27-22(36-26-8-6-7-19-33-26)11-16-32(27,20-34)18-17-30(21,31)4/h6-8,19,21-25,27,34-35H,9-18,20H2,1-5H3;6-8,19,21-25,27,34-35H,9-18,20H2,1-5H3/t2*21-,22-,23+,24-,25+,27+,29+,30-,31-,32-/m11/s1. The second-order valence-electron chi connectivity index (χ2n) is 30.3. The van der Waals surface area contributed by atoms with Gasteiger partial charge in [0.2, 0.25) is 0 Å². The van der Waals surface area contributed by atoms with Crippen LogP contribution in [0.25, 0.3) is 0 Å². The molecule has 0 radical (unpaired) electrons. The molecule has 412 valence electrons. The zero-order valence-electron chi connectivity index (χ0n) is 47.4. The third-order valence-corrected chi connectivity index (χ3v) is 31.4. The van der Waals surface area contributed by atoms with Gasteiger partial charge in [-0.2, -0.15) is 0 Å². The summed E-state index contributed by atoms with van der Waals surface area (Å²) in [6.07, 6.45) is 25.2. The predicted molar refractivity (Wildman–Crippen MR) is 297 cm³/mol. The summed E-state index contributed by atoms with van der Waals surface area (Å²) in [7, 11) is -3.59. The summed E-state index contributed by atoms with van der Waals surface area (Å²) in [5.41, 5.74) is 1.11. The summed E-state index contributed by atoms with van der Waals surface area (Å²) in [6.45, 7) is 25.3. The first-order valence-electron chi connectivity index (χ1n) is 30.1. The normalized spacial score (nSPS) is 50.7. The molecule has 2 heterocycles. The molecule has 2 aromatic heterocycles. The van der Waals surface area contributed by atoms with Crippen LogP contribution in [0.1, 0.15) is 198 Å². The van der Waals surface area contributed by atoms with Crippen LogP contribution in [0, 0.1) is 101 Å². The van der Waals surface area contributed by atoms with Crippen molar-refractivity contribution in [2.75, 3.05) is 13.2 Å². The smallest absolute Gasteiger partial charge is 0.198 e. The van der Waals surface area contributed by atoms with E-state index >= 15 is 0 Å². The Labute approximate surface area is 452 Å². The number of fused-ring (bicyclic) bond motifs is 14. The molecule has 4 N–H and O–H groups in total. The summed E-state index contributed by atoms with van der Waals surface area (Å²) >= 11 is 2.00. The topological polar surface area (TPSA) is 141 Å². The van der Waals surface area contributed by atoms with Crippen molar-refractivity contribution in [3.05, 3.63) is 48.8 Å². The van der Waals surface area contributed by atoms with E-state index in [1.165, 1.54) is 57.8 Å². The molecule has 10 fully saturated rings. The van der Waals surface area contributed by atoms with Crippen molar-refractivity contribution >= 4 is 21.6 Å². The van der Waals surface area contributed by atoms with Gasteiger partial charge in [-0.1, -0.05) is 81.4 Å². The molecule has 10 aliphatic carbocycles. The van der Waals surface area contributed by atoms with Gasteiger partial charge in [-0.05, 0) is 254 Å². The number of thioether (sulfide) groups is 1. The van der Waals surface area contributed by atoms with E-state index in [2.05, 4.69) is 91.3 Å². The lowest BCUT2D eigenvalue weighted by Crippen LogP contribution is -2.67. The molecule has 0 aromatic carbocycles. The van der Waals surface area contributed by atoms with Crippen molar-refractivity contribution in [1.29, 1.82) is 0 Å².